The van der Waals surface area contributed by atoms with Crippen LogP contribution in [0, 0.1) is 17.5 Å². The Kier molecular flexibility index (Phi) is 4.69. The van der Waals surface area contributed by atoms with E-state index in [2.05, 4.69) is 14.9 Å². The third-order valence-corrected chi connectivity index (χ3v) is 2.53. The summed E-state index contributed by atoms with van der Waals surface area (Å²) in [4.78, 5) is 0. The van der Waals surface area contributed by atoms with Gasteiger partial charge in [-0.1, -0.05) is 0 Å². The summed E-state index contributed by atoms with van der Waals surface area (Å²) in [6, 6.07) is 1.20. The van der Waals surface area contributed by atoms with E-state index >= 15 is 0 Å². The van der Waals surface area contributed by atoms with Crippen LogP contribution in [0.1, 0.15) is 18.4 Å². The smallest absolute Gasteiger partial charge is 0.267 e. The minimum Gasteiger partial charge on any atom is -0.371 e. The average Bonchev–Trinajstić information content (AvgIpc) is 2.25. The summed E-state index contributed by atoms with van der Waals surface area (Å²) in [6.45, 7) is 0. The Morgan fingerprint density at radius 1 is 1.12 bits per heavy atom. The van der Waals surface area contributed by atoms with Crippen molar-refractivity contribution in [3.8, 4) is 0 Å². The first kappa shape index (κ1) is 14.2. The number of aliphatic hydroxyl groups is 2. The average molecular weight is 263 g/mol. The molecule has 1 aromatic carbocycles. The maximum Gasteiger partial charge on any atom is 0.267 e. The fourth-order valence-corrected chi connectivity index (χ4v) is 1.42. The van der Waals surface area contributed by atoms with Gasteiger partial charge in [-0.05, 0) is 24.5 Å². The molecule has 0 heterocycles. The van der Waals surface area contributed by atoms with Gasteiger partial charge < -0.3 is 14.6 Å². The Bertz CT molecular complexity index is 399. The van der Waals surface area contributed by atoms with E-state index in [0.717, 1.165) is 6.07 Å². The first-order valence-corrected chi connectivity index (χ1v) is 5.19. The molecule has 3 radical (unpaired) electrons. The molecule has 93 valence electrons. The molecule has 0 aliphatic heterocycles. The Morgan fingerprint density at radius 3 is 2.29 bits per heavy atom. The van der Waals surface area contributed by atoms with Gasteiger partial charge in [0.05, 0.1) is 0 Å². The molecule has 0 saturated carbocycles. The molecule has 3 nitrogen and oxygen atoms in total. The van der Waals surface area contributed by atoms with Crippen LogP contribution in [-0.4, -0.2) is 26.7 Å². The molecule has 0 spiro atoms. The van der Waals surface area contributed by atoms with E-state index in [4.69, 9.17) is 10.2 Å². The number of halogens is 3. The minimum atomic E-state index is -2.37. The molecule has 1 aromatic rings. The van der Waals surface area contributed by atoms with Crippen molar-refractivity contribution in [2.75, 3.05) is 0 Å². The Morgan fingerprint density at radius 2 is 1.71 bits per heavy atom. The predicted octanol–water partition coefficient (Wildman–Crippen LogP) is 1.17. The predicted molar refractivity (Wildman–Crippen MR) is 53.3 cm³/mol. The van der Waals surface area contributed by atoms with Gasteiger partial charge in [0.25, 0.3) is 16.5 Å². The number of benzene rings is 1. The normalized spacial score (nSPS) is 11.9. The van der Waals surface area contributed by atoms with Crippen LogP contribution < -0.4 is 0 Å². The maximum atomic E-state index is 13.2. The first-order chi connectivity index (χ1) is 7.85. The van der Waals surface area contributed by atoms with Crippen molar-refractivity contribution in [2.24, 2.45) is 0 Å². The molecule has 0 amide bonds. The Hall–Kier alpha value is -0.893. The van der Waals surface area contributed by atoms with E-state index in [-0.39, 0.29) is 24.8 Å². The van der Waals surface area contributed by atoms with Gasteiger partial charge in [0.15, 0.2) is 11.6 Å². The highest BCUT2D eigenvalue weighted by atomic mass is 28.2. The number of rotatable bonds is 5. The second kappa shape index (κ2) is 5.63. The molecule has 0 aliphatic rings. The van der Waals surface area contributed by atoms with Gasteiger partial charge in [0, 0.05) is 12.5 Å². The summed E-state index contributed by atoms with van der Waals surface area (Å²) in [5.41, 5.74) is -0.0336. The third-order valence-electron chi connectivity index (χ3n) is 2.20. The van der Waals surface area contributed by atoms with Crippen molar-refractivity contribution >= 4 is 10.5 Å². The van der Waals surface area contributed by atoms with Crippen molar-refractivity contribution in [1.82, 2.24) is 0 Å². The molecule has 0 aromatic heterocycles. The lowest BCUT2D eigenvalue weighted by molar-refractivity contribution is -0.295. The highest BCUT2D eigenvalue weighted by Gasteiger charge is 2.21. The molecule has 7 heteroatoms. The second-order valence-electron chi connectivity index (χ2n) is 3.56. The number of hydrogen-bond donors (Lipinski definition) is 2. The monoisotopic (exact) mass is 263 g/mol. The Balaban J connectivity index is 2.61. The molecule has 0 fully saturated rings. The highest BCUT2D eigenvalue weighted by Crippen LogP contribution is 2.18. The van der Waals surface area contributed by atoms with Crippen LogP contribution in [0.5, 0.6) is 0 Å². The largest absolute Gasteiger partial charge is 0.371 e. The van der Waals surface area contributed by atoms with Crippen molar-refractivity contribution in [3.05, 3.63) is 35.1 Å². The van der Waals surface area contributed by atoms with Crippen molar-refractivity contribution in [1.29, 1.82) is 0 Å². The highest BCUT2D eigenvalue weighted by molar-refractivity contribution is 5.98. The zero-order chi connectivity index (χ0) is 13.1. The van der Waals surface area contributed by atoms with Gasteiger partial charge in [-0.25, -0.2) is 13.2 Å². The van der Waals surface area contributed by atoms with Gasteiger partial charge in [-0.2, -0.15) is 0 Å². The van der Waals surface area contributed by atoms with Crippen LogP contribution >= 0.6 is 0 Å². The van der Waals surface area contributed by atoms with Gasteiger partial charge in [-0.15, -0.1) is 0 Å². The summed E-state index contributed by atoms with van der Waals surface area (Å²) in [5, 5.41) is 18.1. The molecule has 17 heavy (non-hydrogen) atoms. The standard InChI is InChI=1S/C10H10F3O3Si/c11-7-5-9(13)8(12)4-6(7)2-1-3-10(14,15)16-17/h4-5,14-15H,1-3H2. The molecule has 0 atom stereocenters. The van der Waals surface area contributed by atoms with E-state index in [1.54, 1.807) is 0 Å². The molecule has 0 bridgehead atoms. The third kappa shape index (κ3) is 4.12. The summed E-state index contributed by atoms with van der Waals surface area (Å²) >= 11 is 0. The van der Waals surface area contributed by atoms with Crippen LogP contribution in [0.4, 0.5) is 13.2 Å². The fraction of sp³-hybridized carbons (Fsp3) is 0.400. The molecule has 0 unspecified atom stereocenters. The van der Waals surface area contributed by atoms with Gasteiger partial charge in [0.1, 0.15) is 5.82 Å². The van der Waals surface area contributed by atoms with E-state index in [9.17, 15) is 13.2 Å². The van der Waals surface area contributed by atoms with E-state index in [1.807, 2.05) is 0 Å². The molecule has 2 N–H and O–H groups in total. The van der Waals surface area contributed by atoms with E-state index in [1.165, 1.54) is 0 Å². The lowest BCUT2D eigenvalue weighted by Crippen LogP contribution is -2.30. The fourth-order valence-electron chi connectivity index (χ4n) is 1.32. The number of aryl methyl sites for hydroxylation is 1. The van der Waals surface area contributed by atoms with Crippen molar-refractivity contribution in [3.63, 3.8) is 0 Å². The Labute approximate surface area is 99.4 Å². The molecule has 0 saturated heterocycles. The zero-order valence-corrected chi connectivity index (χ0v) is 9.71. The molecular weight excluding hydrogens is 253 g/mol. The quantitative estimate of drug-likeness (QED) is 0.476. The lowest BCUT2D eigenvalue weighted by atomic mass is 10.1. The van der Waals surface area contributed by atoms with Crippen LogP contribution in [-0.2, 0) is 10.8 Å². The van der Waals surface area contributed by atoms with Gasteiger partial charge in [0.2, 0.25) is 0 Å². The summed E-state index contributed by atoms with van der Waals surface area (Å²) in [6.07, 6.45) is -0.0596. The van der Waals surface area contributed by atoms with E-state index < -0.39 is 23.4 Å². The van der Waals surface area contributed by atoms with Crippen LogP contribution in [0.2, 0.25) is 0 Å². The molecule has 0 aliphatic carbocycles. The maximum absolute atomic E-state index is 13.2. The van der Waals surface area contributed by atoms with E-state index in [0.29, 0.717) is 6.07 Å². The topological polar surface area (TPSA) is 49.7 Å². The summed E-state index contributed by atoms with van der Waals surface area (Å²) in [7, 11) is 2.46. The lowest BCUT2D eigenvalue weighted by Gasteiger charge is -2.19. The first-order valence-electron chi connectivity index (χ1n) is 4.78. The summed E-state index contributed by atoms with van der Waals surface area (Å²) in [5.74, 6) is -5.64. The second-order valence-corrected chi connectivity index (χ2v) is 3.76. The molecular formula is C10H10F3O3Si. The van der Waals surface area contributed by atoms with Crippen molar-refractivity contribution < 1.29 is 27.8 Å². The SMILES string of the molecule is OC(O)(CCCc1cc(F)c(F)cc1F)O[Si]. The van der Waals surface area contributed by atoms with Crippen LogP contribution in [0.3, 0.4) is 0 Å². The minimum absolute atomic E-state index is 0.0293. The summed E-state index contributed by atoms with van der Waals surface area (Å²) < 4.78 is 42.7. The van der Waals surface area contributed by atoms with Gasteiger partial charge >= 0.3 is 0 Å². The zero-order valence-electron chi connectivity index (χ0n) is 8.71. The molecule has 1 rings (SSSR count). The number of hydrogen-bond acceptors (Lipinski definition) is 3. The van der Waals surface area contributed by atoms with Crippen LogP contribution in [0.25, 0.3) is 0 Å². The van der Waals surface area contributed by atoms with Crippen molar-refractivity contribution in [2.45, 2.75) is 25.2 Å². The van der Waals surface area contributed by atoms with Gasteiger partial charge in [-0.3, -0.25) is 0 Å². The van der Waals surface area contributed by atoms with Crippen LogP contribution in [0.15, 0.2) is 12.1 Å².